The van der Waals surface area contributed by atoms with E-state index in [0.29, 0.717) is 11.5 Å². The van der Waals surface area contributed by atoms with E-state index in [9.17, 15) is 0 Å². The second-order valence-corrected chi connectivity index (χ2v) is 7.23. The average Bonchev–Trinajstić information content (AvgIpc) is 2.52. The smallest absolute Gasteiger partial charge is 0.0695 e. The van der Waals surface area contributed by atoms with Gasteiger partial charge in [0.05, 0.1) is 12.1 Å². The van der Waals surface area contributed by atoms with Gasteiger partial charge in [0, 0.05) is 18.8 Å². The largest absolute Gasteiger partial charge is 0.382 e. The number of hydrogen-bond acceptors (Lipinski definition) is 2. The Hall–Kier alpha value is -0.500. The first-order valence-electron chi connectivity index (χ1n) is 7.32. The molecule has 0 aromatic carbocycles. The maximum absolute atomic E-state index is 5.52. The molecule has 0 spiro atoms. The maximum atomic E-state index is 5.52. The van der Waals surface area contributed by atoms with Gasteiger partial charge in [-0.2, -0.15) is 0 Å². The second kappa shape index (κ2) is 4.56. The van der Waals surface area contributed by atoms with Gasteiger partial charge in [0.1, 0.15) is 0 Å². The summed E-state index contributed by atoms with van der Waals surface area (Å²) in [5.41, 5.74) is 3.87. The summed E-state index contributed by atoms with van der Waals surface area (Å²) in [5, 5.41) is 0. The van der Waals surface area contributed by atoms with Crippen molar-refractivity contribution in [1.82, 2.24) is 4.90 Å². The number of ether oxygens (including phenoxy) is 1. The number of hydrogen-bond donors (Lipinski definition) is 0. The summed E-state index contributed by atoms with van der Waals surface area (Å²) < 4.78 is 5.52. The Morgan fingerprint density at radius 2 is 1.94 bits per heavy atom. The van der Waals surface area contributed by atoms with Crippen molar-refractivity contribution in [3.8, 4) is 0 Å². The lowest BCUT2D eigenvalue weighted by atomic mass is 9.73. The van der Waals surface area contributed by atoms with E-state index in [0.717, 1.165) is 6.61 Å². The van der Waals surface area contributed by atoms with E-state index in [1.165, 1.54) is 25.7 Å². The fourth-order valence-corrected chi connectivity index (χ4v) is 4.16. The molecule has 2 nitrogen and oxygen atoms in total. The number of nitrogens with zero attached hydrogens (tertiary/aromatic N) is 1. The summed E-state index contributed by atoms with van der Waals surface area (Å²) in [4.78, 5) is 2.65. The van der Waals surface area contributed by atoms with E-state index in [1.54, 1.807) is 11.3 Å². The molecule has 18 heavy (non-hydrogen) atoms. The van der Waals surface area contributed by atoms with Gasteiger partial charge < -0.3 is 9.64 Å². The summed E-state index contributed by atoms with van der Waals surface area (Å²) in [5.74, 6) is 0. The molecule has 0 saturated heterocycles. The Bertz CT molecular complexity index is 356. The zero-order valence-electron chi connectivity index (χ0n) is 13.0. The molecule has 0 aromatic rings. The summed E-state index contributed by atoms with van der Waals surface area (Å²) in [6.07, 6.45) is 5.11. The Morgan fingerprint density at radius 1 is 1.28 bits per heavy atom. The first-order chi connectivity index (χ1) is 8.32. The van der Waals surface area contributed by atoms with Crippen LogP contribution in [0, 0.1) is 5.41 Å². The van der Waals surface area contributed by atoms with Crippen LogP contribution in [0.2, 0.25) is 0 Å². The second-order valence-electron chi connectivity index (χ2n) is 7.23. The van der Waals surface area contributed by atoms with Gasteiger partial charge in [-0.3, -0.25) is 0 Å². The lowest BCUT2D eigenvalue weighted by Gasteiger charge is -2.42. The molecule has 2 rings (SSSR count). The molecule has 104 valence electrons. The monoisotopic (exact) mass is 251 g/mol. The first-order valence-corrected chi connectivity index (χ1v) is 7.32. The molecule has 1 atom stereocenters. The van der Waals surface area contributed by atoms with Crippen molar-refractivity contribution < 1.29 is 4.74 Å². The Labute approximate surface area is 112 Å². The molecule has 1 aliphatic heterocycles. The highest BCUT2D eigenvalue weighted by Crippen LogP contribution is 2.52. The highest BCUT2D eigenvalue weighted by molar-refractivity contribution is 5.33. The molecule has 0 N–H and O–H groups in total. The van der Waals surface area contributed by atoms with E-state index in [2.05, 4.69) is 39.5 Å². The van der Waals surface area contributed by atoms with Gasteiger partial charge in [-0.25, -0.2) is 0 Å². The van der Waals surface area contributed by atoms with Crippen molar-refractivity contribution in [3.63, 3.8) is 0 Å². The van der Waals surface area contributed by atoms with E-state index in [1.807, 2.05) is 7.11 Å². The number of rotatable bonds is 3. The lowest BCUT2D eigenvalue weighted by Crippen LogP contribution is -2.48. The van der Waals surface area contributed by atoms with Gasteiger partial charge in [-0.15, -0.1) is 0 Å². The van der Waals surface area contributed by atoms with Gasteiger partial charge in [0.2, 0.25) is 0 Å². The van der Waals surface area contributed by atoms with Crippen molar-refractivity contribution in [2.24, 2.45) is 5.41 Å². The van der Waals surface area contributed by atoms with Crippen LogP contribution in [-0.2, 0) is 4.74 Å². The van der Waals surface area contributed by atoms with Crippen molar-refractivity contribution in [3.05, 3.63) is 11.3 Å². The first kappa shape index (κ1) is 13.9. The predicted molar refractivity (Wildman–Crippen MR) is 76.5 cm³/mol. The van der Waals surface area contributed by atoms with Crippen LogP contribution >= 0.6 is 0 Å². The molecule has 1 aliphatic carbocycles. The van der Waals surface area contributed by atoms with Crippen molar-refractivity contribution in [2.45, 2.75) is 71.9 Å². The van der Waals surface area contributed by atoms with Crippen molar-refractivity contribution in [2.75, 3.05) is 13.7 Å². The van der Waals surface area contributed by atoms with Gasteiger partial charge in [-0.1, -0.05) is 13.8 Å². The average molecular weight is 251 g/mol. The Morgan fingerprint density at radius 3 is 2.50 bits per heavy atom. The van der Waals surface area contributed by atoms with E-state index in [4.69, 9.17) is 4.74 Å². The van der Waals surface area contributed by atoms with Crippen LogP contribution in [-0.4, -0.2) is 30.2 Å². The molecule has 0 amide bonds. The predicted octanol–water partition coefficient (Wildman–Crippen LogP) is 3.97. The van der Waals surface area contributed by atoms with Gasteiger partial charge >= 0.3 is 0 Å². The quantitative estimate of drug-likeness (QED) is 0.752. The fraction of sp³-hybridized carbons (Fsp3) is 0.875. The molecular weight excluding hydrogens is 222 g/mol. The van der Waals surface area contributed by atoms with Crippen molar-refractivity contribution >= 4 is 0 Å². The lowest BCUT2D eigenvalue weighted by molar-refractivity contribution is 0.0383. The molecule has 0 fully saturated rings. The minimum atomic E-state index is 0.162. The summed E-state index contributed by atoms with van der Waals surface area (Å²) >= 11 is 0. The zero-order valence-corrected chi connectivity index (χ0v) is 13.0. The van der Waals surface area contributed by atoms with E-state index >= 15 is 0 Å². The van der Waals surface area contributed by atoms with Crippen LogP contribution in [0.3, 0.4) is 0 Å². The molecule has 0 radical (unpaired) electrons. The molecule has 0 saturated carbocycles. The number of allylic oxidation sites excluding steroid dienone is 1. The standard InChI is InChI=1S/C16H29NO/c1-12(2)17-14-8-7-9-15(3,4)13(14)10-16(17,5)11-18-6/h12H,7-11H2,1-6H3. The summed E-state index contributed by atoms with van der Waals surface area (Å²) in [7, 11) is 1.83. The van der Waals surface area contributed by atoms with Gasteiger partial charge in [-0.05, 0) is 57.4 Å². The molecule has 1 unspecified atom stereocenters. The third kappa shape index (κ3) is 2.09. The SMILES string of the molecule is COCC1(C)CC2=C(CCCC2(C)C)N1C(C)C. The summed E-state index contributed by atoms with van der Waals surface area (Å²) in [6.45, 7) is 12.6. The topological polar surface area (TPSA) is 12.5 Å². The fourth-order valence-electron chi connectivity index (χ4n) is 4.16. The minimum absolute atomic E-state index is 0.162. The minimum Gasteiger partial charge on any atom is -0.382 e. The third-order valence-corrected chi connectivity index (χ3v) is 4.78. The Kier molecular flexibility index (Phi) is 3.52. The molecule has 0 bridgehead atoms. The van der Waals surface area contributed by atoms with Crippen LogP contribution in [0.1, 0.15) is 60.3 Å². The molecule has 2 heteroatoms. The molecule has 1 heterocycles. The summed E-state index contributed by atoms with van der Waals surface area (Å²) in [6, 6.07) is 0.562. The van der Waals surface area contributed by atoms with Crippen LogP contribution < -0.4 is 0 Å². The van der Waals surface area contributed by atoms with Crippen LogP contribution in [0.5, 0.6) is 0 Å². The maximum Gasteiger partial charge on any atom is 0.0695 e. The highest BCUT2D eigenvalue weighted by atomic mass is 16.5. The van der Waals surface area contributed by atoms with Gasteiger partial charge in [0.15, 0.2) is 0 Å². The molecular formula is C16H29NO. The highest BCUT2D eigenvalue weighted by Gasteiger charge is 2.47. The van der Waals surface area contributed by atoms with Gasteiger partial charge in [0.25, 0.3) is 0 Å². The zero-order chi connectivity index (χ0) is 13.6. The normalized spacial score (nSPS) is 31.2. The number of methoxy groups -OCH3 is 1. The Balaban J connectivity index is 2.39. The van der Waals surface area contributed by atoms with E-state index < -0.39 is 0 Å². The molecule has 2 aliphatic rings. The third-order valence-electron chi connectivity index (χ3n) is 4.78. The van der Waals surface area contributed by atoms with Crippen molar-refractivity contribution in [1.29, 1.82) is 0 Å². The molecule has 0 aromatic heterocycles. The van der Waals surface area contributed by atoms with E-state index in [-0.39, 0.29) is 5.54 Å². The van der Waals surface area contributed by atoms with Crippen LogP contribution in [0.25, 0.3) is 0 Å². The van der Waals surface area contributed by atoms with Crippen LogP contribution in [0.15, 0.2) is 11.3 Å². The van der Waals surface area contributed by atoms with Crippen LogP contribution in [0.4, 0.5) is 0 Å².